The minimum atomic E-state index is 0.828. The van der Waals surface area contributed by atoms with Crippen LogP contribution in [0.3, 0.4) is 0 Å². The summed E-state index contributed by atoms with van der Waals surface area (Å²) in [5.74, 6) is 1.86. The van der Waals surface area contributed by atoms with Crippen LogP contribution in [0.15, 0.2) is 4.99 Å². The van der Waals surface area contributed by atoms with Gasteiger partial charge in [-0.05, 0) is 31.6 Å². The maximum Gasteiger partial charge on any atom is 0.193 e. The number of unbranched alkanes of at least 4 members (excludes halogenated alkanes) is 2. The largest absolute Gasteiger partial charge is 0.381 e. The number of aliphatic imine (C=N–C) groups is 1. The summed E-state index contributed by atoms with van der Waals surface area (Å²) in [6, 6.07) is 0. The first kappa shape index (κ1) is 16.3. The van der Waals surface area contributed by atoms with E-state index >= 15 is 0 Å². The SMILES string of the molecule is CCCCCNC(=NC)N(C)CCC1CCOCC1. The molecule has 1 fully saturated rings. The van der Waals surface area contributed by atoms with Gasteiger partial charge in [0, 0.05) is 40.4 Å². The van der Waals surface area contributed by atoms with Crippen LogP contribution in [0.1, 0.15) is 45.4 Å². The summed E-state index contributed by atoms with van der Waals surface area (Å²) in [6.45, 7) is 6.23. The molecule has 1 N–H and O–H groups in total. The highest BCUT2D eigenvalue weighted by Gasteiger charge is 2.15. The van der Waals surface area contributed by atoms with Crippen molar-refractivity contribution in [2.24, 2.45) is 10.9 Å². The molecule has 0 unspecified atom stereocenters. The number of rotatable bonds is 7. The third-order valence-electron chi connectivity index (χ3n) is 3.85. The van der Waals surface area contributed by atoms with E-state index in [0.29, 0.717) is 0 Å². The van der Waals surface area contributed by atoms with E-state index in [1.807, 2.05) is 7.05 Å². The lowest BCUT2D eigenvalue weighted by Gasteiger charge is -2.26. The fraction of sp³-hybridized carbons (Fsp3) is 0.933. The zero-order chi connectivity index (χ0) is 13.9. The van der Waals surface area contributed by atoms with Gasteiger partial charge in [-0.15, -0.1) is 0 Å². The first-order valence-electron chi connectivity index (χ1n) is 7.77. The molecule has 0 bridgehead atoms. The molecule has 19 heavy (non-hydrogen) atoms. The van der Waals surface area contributed by atoms with Crippen LogP contribution in [0.4, 0.5) is 0 Å². The summed E-state index contributed by atoms with van der Waals surface area (Å²) in [6.07, 6.45) is 7.46. The van der Waals surface area contributed by atoms with Gasteiger partial charge in [-0.1, -0.05) is 19.8 Å². The molecule has 0 spiro atoms. The first-order chi connectivity index (χ1) is 9.27. The number of ether oxygens (including phenoxy) is 1. The molecule has 112 valence electrons. The minimum Gasteiger partial charge on any atom is -0.381 e. The second kappa shape index (κ2) is 10.1. The maximum atomic E-state index is 5.40. The Labute approximate surface area is 118 Å². The zero-order valence-electron chi connectivity index (χ0n) is 13.0. The molecule has 0 amide bonds. The van der Waals surface area contributed by atoms with Crippen LogP contribution in [0.5, 0.6) is 0 Å². The van der Waals surface area contributed by atoms with Crippen LogP contribution in [0, 0.1) is 5.92 Å². The van der Waals surface area contributed by atoms with Gasteiger partial charge in [-0.2, -0.15) is 0 Å². The molecule has 4 nitrogen and oxygen atoms in total. The highest BCUT2D eigenvalue weighted by atomic mass is 16.5. The summed E-state index contributed by atoms with van der Waals surface area (Å²) in [5, 5.41) is 3.44. The molecule has 0 aromatic rings. The number of guanidine groups is 1. The van der Waals surface area contributed by atoms with Gasteiger partial charge >= 0.3 is 0 Å². The second-order valence-corrected chi connectivity index (χ2v) is 5.45. The Balaban J connectivity index is 2.19. The quantitative estimate of drug-likeness (QED) is 0.438. The van der Waals surface area contributed by atoms with Gasteiger partial charge in [-0.3, -0.25) is 4.99 Å². The van der Waals surface area contributed by atoms with Gasteiger partial charge in [0.2, 0.25) is 0 Å². The maximum absolute atomic E-state index is 5.40. The Kier molecular flexibility index (Phi) is 8.63. The Hall–Kier alpha value is -0.770. The van der Waals surface area contributed by atoms with Gasteiger partial charge in [0.1, 0.15) is 0 Å². The Morgan fingerprint density at radius 1 is 1.32 bits per heavy atom. The average Bonchev–Trinajstić information content (AvgIpc) is 2.46. The molecule has 0 aromatic heterocycles. The van der Waals surface area contributed by atoms with Crippen molar-refractivity contribution in [1.29, 1.82) is 0 Å². The topological polar surface area (TPSA) is 36.9 Å². The van der Waals surface area contributed by atoms with Gasteiger partial charge < -0.3 is 15.0 Å². The van der Waals surface area contributed by atoms with Crippen LogP contribution in [-0.2, 0) is 4.74 Å². The summed E-state index contributed by atoms with van der Waals surface area (Å²) in [5.41, 5.74) is 0. The lowest BCUT2D eigenvalue weighted by atomic mass is 9.96. The van der Waals surface area contributed by atoms with Crippen molar-refractivity contribution in [2.45, 2.75) is 45.4 Å². The third kappa shape index (κ3) is 6.81. The molecule has 0 aromatic carbocycles. The van der Waals surface area contributed by atoms with Gasteiger partial charge in [0.05, 0.1) is 0 Å². The number of hydrogen-bond donors (Lipinski definition) is 1. The van der Waals surface area contributed by atoms with Crippen molar-refractivity contribution in [3.8, 4) is 0 Å². The molecule has 1 aliphatic heterocycles. The minimum absolute atomic E-state index is 0.828. The molecule has 0 aliphatic carbocycles. The molecule has 0 saturated carbocycles. The van der Waals surface area contributed by atoms with Crippen molar-refractivity contribution < 1.29 is 4.74 Å². The van der Waals surface area contributed by atoms with Crippen LogP contribution in [0.2, 0.25) is 0 Å². The van der Waals surface area contributed by atoms with E-state index in [4.69, 9.17) is 4.74 Å². The van der Waals surface area contributed by atoms with Crippen LogP contribution < -0.4 is 5.32 Å². The van der Waals surface area contributed by atoms with Crippen LogP contribution in [-0.4, -0.2) is 51.3 Å². The first-order valence-corrected chi connectivity index (χ1v) is 7.77. The van der Waals surface area contributed by atoms with E-state index < -0.39 is 0 Å². The van der Waals surface area contributed by atoms with Crippen LogP contribution in [0.25, 0.3) is 0 Å². The Morgan fingerprint density at radius 3 is 2.68 bits per heavy atom. The molecule has 1 aliphatic rings. The Morgan fingerprint density at radius 2 is 2.05 bits per heavy atom. The molecule has 0 atom stereocenters. The number of nitrogens with zero attached hydrogens (tertiary/aromatic N) is 2. The fourth-order valence-corrected chi connectivity index (χ4v) is 2.48. The predicted octanol–water partition coefficient (Wildman–Crippen LogP) is 2.50. The molecule has 1 rings (SSSR count). The lowest BCUT2D eigenvalue weighted by molar-refractivity contribution is 0.0625. The summed E-state index contributed by atoms with van der Waals surface area (Å²) in [7, 11) is 4.00. The van der Waals surface area contributed by atoms with E-state index in [-0.39, 0.29) is 0 Å². The normalized spacial score (nSPS) is 17.5. The molecular weight excluding hydrogens is 238 g/mol. The highest BCUT2D eigenvalue weighted by molar-refractivity contribution is 5.79. The predicted molar refractivity (Wildman–Crippen MR) is 81.7 cm³/mol. The monoisotopic (exact) mass is 269 g/mol. The van der Waals surface area contributed by atoms with Gasteiger partial charge in [0.25, 0.3) is 0 Å². The fourth-order valence-electron chi connectivity index (χ4n) is 2.48. The lowest BCUT2D eigenvalue weighted by Crippen LogP contribution is -2.40. The number of hydrogen-bond acceptors (Lipinski definition) is 2. The highest BCUT2D eigenvalue weighted by Crippen LogP contribution is 2.18. The molecule has 0 radical (unpaired) electrons. The third-order valence-corrected chi connectivity index (χ3v) is 3.85. The van der Waals surface area contributed by atoms with Gasteiger partial charge in [-0.25, -0.2) is 0 Å². The smallest absolute Gasteiger partial charge is 0.193 e. The van der Waals surface area contributed by atoms with E-state index in [9.17, 15) is 0 Å². The summed E-state index contributed by atoms with van der Waals surface area (Å²) in [4.78, 5) is 6.61. The van der Waals surface area contributed by atoms with Crippen molar-refractivity contribution in [3.63, 3.8) is 0 Å². The number of nitrogens with one attached hydrogen (secondary N) is 1. The van der Waals surface area contributed by atoms with Crippen molar-refractivity contribution in [1.82, 2.24) is 10.2 Å². The molecule has 1 heterocycles. The van der Waals surface area contributed by atoms with Crippen molar-refractivity contribution in [2.75, 3.05) is 40.4 Å². The molecular formula is C15H31N3O. The van der Waals surface area contributed by atoms with Gasteiger partial charge in [0.15, 0.2) is 5.96 Å². The van der Waals surface area contributed by atoms with Crippen molar-refractivity contribution >= 4 is 5.96 Å². The average molecular weight is 269 g/mol. The van der Waals surface area contributed by atoms with E-state index in [1.165, 1.54) is 38.5 Å². The van der Waals surface area contributed by atoms with E-state index in [1.54, 1.807) is 0 Å². The summed E-state index contributed by atoms with van der Waals surface area (Å²) < 4.78 is 5.40. The second-order valence-electron chi connectivity index (χ2n) is 5.45. The van der Waals surface area contributed by atoms with E-state index in [2.05, 4.69) is 29.2 Å². The summed E-state index contributed by atoms with van der Waals surface area (Å²) >= 11 is 0. The van der Waals surface area contributed by atoms with E-state index in [0.717, 1.165) is 38.2 Å². The Bertz CT molecular complexity index is 250. The van der Waals surface area contributed by atoms with Crippen molar-refractivity contribution in [3.05, 3.63) is 0 Å². The molecule has 4 heteroatoms. The van der Waals surface area contributed by atoms with Crippen LogP contribution >= 0.6 is 0 Å². The standard InChI is InChI=1S/C15H31N3O/c1-4-5-6-10-17-15(16-2)18(3)11-7-14-8-12-19-13-9-14/h14H,4-13H2,1-3H3,(H,16,17). The molecule has 1 saturated heterocycles. The zero-order valence-corrected chi connectivity index (χ0v) is 13.0.